The Morgan fingerprint density at radius 3 is 1.31 bits per heavy atom. The molecule has 0 bridgehead atoms. The maximum Gasteiger partial charge on any atom is 0.364 e. The molecule has 35 nitrogen and oxygen atoms in total. The van der Waals surface area contributed by atoms with Crippen LogP contribution in [0.1, 0.15) is 258 Å². The van der Waals surface area contributed by atoms with Crippen LogP contribution >= 0.6 is 0 Å². The van der Waals surface area contributed by atoms with Crippen LogP contribution in [0.25, 0.3) is 0 Å². The third-order valence-corrected chi connectivity index (χ3v) is 22.7. The molecule has 5 saturated heterocycles. The van der Waals surface area contributed by atoms with Crippen LogP contribution in [0.4, 0.5) is 0 Å². The van der Waals surface area contributed by atoms with Crippen LogP contribution < -0.4 is 16.0 Å². The summed E-state index contributed by atoms with van der Waals surface area (Å²) in [7, 11) is 0. The van der Waals surface area contributed by atoms with Crippen LogP contribution in [0.3, 0.4) is 0 Å². The summed E-state index contributed by atoms with van der Waals surface area (Å²) in [5, 5.41) is 206. The highest BCUT2D eigenvalue weighted by molar-refractivity contribution is 5.78. The van der Waals surface area contributed by atoms with E-state index in [0.29, 0.717) is 12.8 Å². The molecule has 5 rings (SSSR count). The fourth-order valence-corrected chi connectivity index (χ4v) is 15.7. The lowest BCUT2D eigenvalue weighted by atomic mass is 9.88. The van der Waals surface area contributed by atoms with E-state index in [-0.39, 0.29) is 12.3 Å². The van der Waals surface area contributed by atoms with Crippen molar-refractivity contribution in [2.45, 2.75) is 429 Å². The van der Waals surface area contributed by atoms with Crippen LogP contribution in [0.5, 0.6) is 0 Å². The molecule has 28 atom stereocenters. The average molecular weight is 1680 g/mol. The molecule has 0 aromatic rings. The van der Waals surface area contributed by atoms with E-state index in [1.54, 1.807) is 6.08 Å². The number of carboxylic acid groups (broad SMARTS) is 1. The Bertz CT molecular complexity index is 2670. The van der Waals surface area contributed by atoms with Crippen molar-refractivity contribution in [1.82, 2.24) is 16.0 Å². The quantitative estimate of drug-likeness (QED) is 0.0299. The Labute approximate surface area is 683 Å². The normalized spacial score (nSPS) is 32.8. The lowest BCUT2D eigenvalue weighted by molar-refractivity contribution is -0.390. The second-order valence-electron chi connectivity index (χ2n) is 32.1. The van der Waals surface area contributed by atoms with Gasteiger partial charge in [0.1, 0.15) is 123 Å². The lowest BCUT2D eigenvalue weighted by Gasteiger charge is -2.51. The first-order chi connectivity index (χ1) is 55.8. The van der Waals surface area contributed by atoms with Crippen molar-refractivity contribution in [2.24, 2.45) is 0 Å². The Hall–Kier alpha value is -3.46. The van der Waals surface area contributed by atoms with Crippen molar-refractivity contribution in [1.29, 1.82) is 0 Å². The monoisotopic (exact) mass is 1670 g/mol. The van der Waals surface area contributed by atoms with E-state index in [1.807, 2.05) is 6.08 Å². The van der Waals surface area contributed by atoms with Crippen molar-refractivity contribution in [3.63, 3.8) is 0 Å². The number of ether oxygens (including phenoxy) is 10. The van der Waals surface area contributed by atoms with Crippen LogP contribution in [-0.4, -0.2) is 333 Å². The van der Waals surface area contributed by atoms with Crippen molar-refractivity contribution in [3.05, 3.63) is 12.2 Å². The second kappa shape index (κ2) is 57.1. The number of amides is 3. The number of nitrogens with one attached hydrogen (secondary N) is 3. The third-order valence-electron chi connectivity index (χ3n) is 22.7. The zero-order valence-electron chi connectivity index (χ0n) is 68.6. The molecule has 678 valence electrons. The number of carbonyl (C=O) groups excluding carboxylic acids is 3. The number of carboxylic acids is 1. The number of rotatable bonds is 61. The zero-order valence-corrected chi connectivity index (χ0v) is 68.6. The molecule has 0 aromatic carbocycles. The van der Waals surface area contributed by atoms with Crippen molar-refractivity contribution in [2.75, 3.05) is 46.2 Å². The number of hydrogen-bond acceptors (Lipinski definition) is 31. The van der Waals surface area contributed by atoms with Gasteiger partial charge in [-0.2, -0.15) is 0 Å². The summed E-state index contributed by atoms with van der Waals surface area (Å²) in [5.41, 5.74) is 0. The summed E-state index contributed by atoms with van der Waals surface area (Å²) in [5.74, 6) is -7.79. The van der Waals surface area contributed by atoms with Crippen LogP contribution in [-0.2, 0) is 66.5 Å². The first-order valence-corrected chi connectivity index (χ1v) is 43.3. The van der Waals surface area contributed by atoms with E-state index < -0.39 is 242 Å². The van der Waals surface area contributed by atoms with Crippen molar-refractivity contribution in [3.8, 4) is 0 Å². The van der Waals surface area contributed by atoms with E-state index >= 15 is 0 Å². The maximum atomic E-state index is 13.6. The van der Waals surface area contributed by atoms with Crippen LogP contribution in [0.15, 0.2) is 12.2 Å². The molecule has 0 aliphatic carbocycles. The number of aliphatic hydroxyl groups is 17. The van der Waals surface area contributed by atoms with Gasteiger partial charge in [-0.05, 0) is 19.3 Å². The minimum absolute atomic E-state index is 0.170. The minimum Gasteiger partial charge on any atom is -0.477 e. The molecule has 35 heteroatoms. The standard InChI is InChI=1S/C81H147N3O32/c1-4-6-8-10-12-14-16-18-19-20-21-22-23-24-25-26-27-29-31-33-35-37-39-41-59(95)83-51(52(92)40-38-36-34-32-30-28-17-15-13-11-9-7-5-2)49-107-77-68(102)67(101)72(58(47-89)111-77)113-78-69(103)74(64(98)55(44-86)108-78)114-76-62(82-50(3)91)66(100)71(57(46-88)110-76)112-79-70(104)75(65(99)56(45-87)109-79)116-81(80(105)106)42-53(93)61(84-60(96)48-90)73(115-81)63(97)54(94)43-85/h38,40,51-58,61-79,85-90,92-94,97-104H,4-37,39,41-49H2,1-3H3,(H,82,91)(H,83,95)(H,84,96)(H,105,106)/b40-38+/t51-,52+,53?,54+,55?,56?,57?,58?,61+,62?,63+,64-,65-,66+,67+,68?,69?,70?,71+,72+,73?,74-,75-,76-,77+,78-,79-,81-/m0/s1. The average Bonchev–Trinajstić information content (AvgIpc) is 0.766. The highest BCUT2D eigenvalue weighted by Gasteiger charge is 2.61. The molecular weight excluding hydrogens is 1530 g/mol. The molecular formula is C81H147N3O32. The summed E-state index contributed by atoms with van der Waals surface area (Å²) in [6, 6.07) is -4.78. The summed E-state index contributed by atoms with van der Waals surface area (Å²) in [6.07, 6.45) is -4.18. The van der Waals surface area contributed by atoms with Gasteiger partial charge in [0.2, 0.25) is 17.7 Å². The molecule has 10 unspecified atom stereocenters. The van der Waals surface area contributed by atoms with Crippen molar-refractivity contribution < 1.29 is 158 Å². The number of aliphatic hydroxyl groups excluding tert-OH is 17. The van der Waals surface area contributed by atoms with Gasteiger partial charge in [0.05, 0.1) is 63.9 Å². The molecule has 0 saturated carbocycles. The molecule has 0 aromatic heterocycles. The Kier molecular flexibility index (Phi) is 50.7. The van der Waals surface area contributed by atoms with Crippen LogP contribution in [0.2, 0.25) is 0 Å². The SMILES string of the molecule is CCCCCCCCCCCCC/C=C/[C@@H](O)[C@H](CO[C@@H]1OC(CO)[C@@H](O[C@@H]2OC(CO)[C@H](O)[C@H](O[C@@H]3OC(CO)[C@@H](O[C@@H]4OC(CO)[C@H](O)[C@H](O[C@]5(C(=O)O)CC(O)[C@@H](NC(=O)CO)C([C@H](O)[C@H](O)CO)O5)C4O)[C@H](O)C3NC(C)=O)C2O)[C@H](O)C1O)NC(=O)CCCCCCCCCCCCCCCCCCCCCCCCC. The van der Waals surface area contributed by atoms with Gasteiger partial charge in [-0.3, -0.25) is 14.4 Å². The molecule has 0 radical (unpaired) electrons. The van der Waals surface area contributed by atoms with Crippen molar-refractivity contribution >= 4 is 23.7 Å². The van der Waals surface area contributed by atoms with Gasteiger partial charge in [-0.25, -0.2) is 4.79 Å². The highest BCUT2D eigenvalue weighted by atomic mass is 16.8. The van der Waals surface area contributed by atoms with Gasteiger partial charge in [-0.1, -0.05) is 231 Å². The molecule has 3 amide bonds. The Balaban J connectivity index is 1.20. The summed E-state index contributed by atoms with van der Waals surface area (Å²) in [4.78, 5) is 51.9. The van der Waals surface area contributed by atoms with Gasteiger partial charge in [0.15, 0.2) is 25.2 Å². The molecule has 0 spiro atoms. The predicted octanol–water partition coefficient (Wildman–Crippen LogP) is 1.05. The van der Waals surface area contributed by atoms with E-state index in [1.165, 1.54) is 161 Å². The predicted molar refractivity (Wildman–Crippen MR) is 417 cm³/mol. The van der Waals surface area contributed by atoms with E-state index in [2.05, 4.69) is 29.8 Å². The van der Waals surface area contributed by atoms with E-state index in [4.69, 9.17) is 47.4 Å². The number of hydrogen-bond donors (Lipinski definition) is 21. The van der Waals surface area contributed by atoms with E-state index in [9.17, 15) is 111 Å². The molecule has 5 heterocycles. The first-order valence-electron chi connectivity index (χ1n) is 43.3. The number of aliphatic carboxylic acids is 1. The maximum absolute atomic E-state index is 13.6. The van der Waals surface area contributed by atoms with Gasteiger partial charge in [0, 0.05) is 19.8 Å². The van der Waals surface area contributed by atoms with Gasteiger partial charge >= 0.3 is 5.97 Å². The molecule has 5 fully saturated rings. The largest absolute Gasteiger partial charge is 0.477 e. The summed E-state index contributed by atoms with van der Waals surface area (Å²) in [6.45, 7) is -1.61. The first kappa shape index (κ1) is 103. The second-order valence-corrected chi connectivity index (χ2v) is 32.1. The lowest BCUT2D eigenvalue weighted by Crippen LogP contribution is -2.71. The van der Waals surface area contributed by atoms with Gasteiger partial charge in [-0.15, -0.1) is 0 Å². The zero-order chi connectivity index (χ0) is 85.1. The van der Waals surface area contributed by atoms with Gasteiger partial charge < -0.3 is 155 Å². The van der Waals surface area contributed by atoms with Gasteiger partial charge in [0.25, 0.3) is 5.79 Å². The number of carbonyl (C=O) groups is 4. The molecule has 116 heavy (non-hydrogen) atoms. The number of unbranched alkanes of at least 4 members (excludes halogenated alkanes) is 33. The van der Waals surface area contributed by atoms with Crippen LogP contribution in [0, 0.1) is 0 Å². The third kappa shape index (κ3) is 33.6. The summed E-state index contributed by atoms with van der Waals surface area (Å²) < 4.78 is 58.8. The molecule has 21 N–H and O–H groups in total. The summed E-state index contributed by atoms with van der Waals surface area (Å²) >= 11 is 0. The molecule has 5 aliphatic heterocycles. The van der Waals surface area contributed by atoms with E-state index in [0.717, 1.165) is 58.3 Å². The highest BCUT2D eigenvalue weighted by Crippen LogP contribution is 2.40. The smallest absolute Gasteiger partial charge is 0.364 e. The topological polar surface area (TPSA) is 561 Å². The molecule has 5 aliphatic rings. The Morgan fingerprint density at radius 2 is 0.871 bits per heavy atom. The number of allylic oxidation sites excluding steroid dienone is 1. The fraction of sp³-hybridized carbons (Fsp3) is 0.926. The minimum atomic E-state index is -3.26. The fourth-order valence-electron chi connectivity index (χ4n) is 15.7. The Morgan fingerprint density at radius 1 is 0.457 bits per heavy atom.